The second kappa shape index (κ2) is 8.25. The van der Waals surface area contributed by atoms with Gasteiger partial charge in [-0.1, -0.05) is 48.5 Å². The summed E-state index contributed by atoms with van der Waals surface area (Å²) < 4.78 is 39.1. The van der Waals surface area contributed by atoms with Crippen LogP contribution in [0, 0.1) is 6.92 Å². The first kappa shape index (κ1) is 21.2. The Morgan fingerprint density at radius 3 is 2.38 bits per heavy atom. The third-order valence-electron chi connectivity index (χ3n) is 4.97. The van der Waals surface area contributed by atoms with Crippen molar-refractivity contribution in [2.45, 2.75) is 26.1 Å². The highest BCUT2D eigenvalue weighted by Crippen LogP contribution is 2.30. The fourth-order valence-electron chi connectivity index (χ4n) is 3.54. The summed E-state index contributed by atoms with van der Waals surface area (Å²) in [5.74, 6) is -0.863. The molecular weight excluding hydrogens is 425 g/mol. The summed E-state index contributed by atoms with van der Waals surface area (Å²) in [7, 11) is 0. The van der Waals surface area contributed by atoms with Crippen LogP contribution in [0.15, 0.2) is 48.5 Å². The van der Waals surface area contributed by atoms with Crippen LogP contribution < -0.4 is 0 Å². The van der Waals surface area contributed by atoms with Gasteiger partial charge in [0, 0.05) is 12.0 Å². The topological polar surface area (TPSA) is 110 Å². The Kier molecular flexibility index (Phi) is 5.47. The number of H-pyrrole nitrogens is 1. The lowest BCUT2D eigenvalue weighted by Crippen LogP contribution is -2.20. The number of nitrogens with zero attached hydrogens (tertiary/aromatic N) is 5. The van der Waals surface area contributed by atoms with Crippen molar-refractivity contribution >= 4 is 5.97 Å². The predicted molar refractivity (Wildman–Crippen MR) is 108 cm³/mol. The highest BCUT2D eigenvalue weighted by atomic mass is 19.4. The van der Waals surface area contributed by atoms with Crippen molar-refractivity contribution in [2.75, 3.05) is 0 Å². The number of aromatic nitrogens is 6. The van der Waals surface area contributed by atoms with Gasteiger partial charge in [0.2, 0.25) is 5.82 Å². The minimum absolute atomic E-state index is 0.0320. The third kappa shape index (κ3) is 4.36. The first-order chi connectivity index (χ1) is 15.2. The number of tetrazole rings is 1. The van der Waals surface area contributed by atoms with E-state index in [4.69, 9.17) is 0 Å². The molecular formula is C21H17F3N6O2. The van der Waals surface area contributed by atoms with Crippen molar-refractivity contribution in [3.8, 4) is 22.5 Å². The summed E-state index contributed by atoms with van der Waals surface area (Å²) in [6.07, 6.45) is -4.42. The summed E-state index contributed by atoms with van der Waals surface area (Å²) in [4.78, 5) is 11.6. The van der Waals surface area contributed by atoms with Crippen LogP contribution in [0.5, 0.6) is 0 Å². The third-order valence-corrected chi connectivity index (χ3v) is 4.97. The van der Waals surface area contributed by atoms with E-state index in [1.807, 2.05) is 36.4 Å². The SMILES string of the molecule is Cc1c(C(=O)O)c(Cc2ccc(-c3ccccc3-c3nn[nH]n3)cc2)nn1CC(F)(F)F. The maximum absolute atomic E-state index is 12.8. The molecule has 0 saturated heterocycles. The van der Waals surface area contributed by atoms with E-state index >= 15 is 0 Å². The molecule has 0 bridgehead atoms. The quantitative estimate of drug-likeness (QED) is 0.469. The molecule has 4 aromatic rings. The molecule has 164 valence electrons. The maximum atomic E-state index is 12.8. The zero-order valence-electron chi connectivity index (χ0n) is 16.8. The second-order valence-corrected chi connectivity index (χ2v) is 7.14. The molecule has 0 fully saturated rings. The number of halogens is 3. The number of hydrogen-bond donors (Lipinski definition) is 2. The lowest BCUT2D eigenvalue weighted by atomic mass is 9.97. The Morgan fingerprint density at radius 2 is 1.78 bits per heavy atom. The molecule has 2 N–H and O–H groups in total. The second-order valence-electron chi connectivity index (χ2n) is 7.14. The monoisotopic (exact) mass is 442 g/mol. The number of benzene rings is 2. The van der Waals surface area contributed by atoms with Crippen LogP contribution in [0.1, 0.15) is 27.3 Å². The van der Waals surface area contributed by atoms with Gasteiger partial charge in [-0.3, -0.25) is 4.68 Å². The number of rotatable bonds is 6. The zero-order chi connectivity index (χ0) is 22.9. The molecule has 8 nitrogen and oxygen atoms in total. The Balaban J connectivity index is 1.63. The van der Waals surface area contributed by atoms with Gasteiger partial charge in [-0.2, -0.15) is 23.5 Å². The van der Waals surface area contributed by atoms with Gasteiger partial charge >= 0.3 is 12.1 Å². The minimum atomic E-state index is -4.50. The smallest absolute Gasteiger partial charge is 0.408 e. The first-order valence-electron chi connectivity index (χ1n) is 9.51. The molecule has 32 heavy (non-hydrogen) atoms. The molecule has 0 radical (unpaired) electrons. The lowest BCUT2D eigenvalue weighted by Gasteiger charge is -2.08. The van der Waals surface area contributed by atoms with Crippen LogP contribution in [-0.2, 0) is 13.0 Å². The van der Waals surface area contributed by atoms with E-state index in [0.717, 1.165) is 16.7 Å². The van der Waals surface area contributed by atoms with Crippen LogP contribution in [0.4, 0.5) is 13.2 Å². The zero-order valence-corrected chi connectivity index (χ0v) is 16.8. The molecule has 0 aliphatic heterocycles. The van der Waals surface area contributed by atoms with Crippen molar-refractivity contribution in [1.82, 2.24) is 30.4 Å². The molecule has 0 amide bonds. The Labute approximate surface area is 179 Å². The standard InChI is InChI=1S/C21H17F3N6O2/c1-12-18(20(31)32)17(27-30(12)11-21(22,23)24)10-13-6-8-14(9-7-13)15-4-2-3-5-16(15)19-25-28-29-26-19/h2-9H,10-11H2,1H3,(H,31,32)(H,25,26,28,29). The molecule has 4 rings (SSSR count). The predicted octanol–water partition coefficient (Wildman–Crippen LogP) is 3.89. The summed E-state index contributed by atoms with van der Waals surface area (Å²) in [5.41, 5.74) is 3.08. The average Bonchev–Trinajstić information content (AvgIpc) is 3.36. The van der Waals surface area contributed by atoms with Crippen molar-refractivity contribution < 1.29 is 23.1 Å². The number of carbonyl (C=O) groups is 1. The summed E-state index contributed by atoms with van der Waals surface area (Å²) in [6, 6.07) is 14.8. The first-order valence-corrected chi connectivity index (χ1v) is 9.51. The number of carboxylic acids is 1. The van der Waals surface area contributed by atoms with E-state index in [1.165, 1.54) is 6.92 Å². The molecule has 0 aliphatic carbocycles. The molecule has 0 unspecified atom stereocenters. The van der Waals surface area contributed by atoms with E-state index in [9.17, 15) is 23.1 Å². The molecule has 2 aromatic carbocycles. The molecule has 2 aromatic heterocycles. The molecule has 0 saturated carbocycles. The largest absolute Gasteiger partial charge is 0.478 e. The van der Waals surface area contributed by atoms with Crippen molar-refractivity contribution in [1.29, 1.82) is 0 Å². The molecule has 0 spiro atoms. The van der Waals surface area contributed by atoms with Gasteiger partial charge in [-0.25, -0.2) is 4.79 Å². The van der Waals surface area contributed by atoms with Crippen molar-refractivity contribution in [3.05, 3.63) is 71.0 Å². The van der Waals surface area contributed by atoms with Gasteiger partial charge in [0.05, 0.1) is 11.4 Å². The van der Waals surface area contributed by atoms with Gasteiger partial charge < -0.3 is 5.11 Å². The maximum Gasteiger partial charge on any atom is 0.408 e. The molecule has 0 atom stereocenters. The molecule has 2 heterocycles. The van der Waals surface area contributed by atoms with E-state index in [1.54, 1.807) is 12.1 Å². The highest BCUT2D eigenvalue weighted by molar-refractivity contribution is 5.90. The van der Waals surface area contributed by atoms with Gasteiger partial charge in [-0.15, -0.1) is 10.2 Å². The minimum Gasteiger partial charge on any atom is -0.478 e. The van der Waals surface area contributed by atoms with Crippen LogP contribution in [-0.4, -0.2) is 47.7 Å². The fraction of sp³-hybridized carbons (Fsp3) is 0.190. The van der Waals surface area contributed by atoms with E-state index in [-0.39, 0.29) is 23.4 Å². The summed E-state index contributed by atoms with van der Waals surface area (Å²) in [5, 5.41) is 27.5. The van der Waals surface area contributed by atoms with Gasteiger partial charge in [-0.05, 0) is 28.8 Å². The van der Waals surface area contributed by atoms with Gasteiger partial charge in [0.25, 0.3) is 0 Å². The van der Waals surface area contributed by atoms with Gasteiger partial charge in [0.15, 0.2) is 0 Å². The molecule has 0 aliphatic rings. The normalized spacial score (nSPS) is 11.6. The highest BCUT2D eigenvalue weighted by Gasteiger charge is 2.31. The Hall–Kier alpha value is -4.02. The van der Waals surface area contributed by atoms with Crippen molar-refractivity contribution in [2.24, 2.45) is 0 Å². The number of aromatic carboxylic acids is 1. The number of nitrogens with one attached hydrogen (secondary N) is 1. The van der Waals surface area contributed by atoms with Crippen molar-refractivity contribution in [3.63, 3.8) is 0 Å². The summed E-state index contributed by atoms with van der Waals surface area (Å²) in [6.45, 7) is -0.0193. The van der Waals surface area contributed by atoms with Crippen LogP contribution >= 0.6 is 0 Å². The van der Waals surface area contributed by atoms with E-state index < -0.39 is 18.7 Å². The Bertz CT molecular complexity index is 1250. The van der Waals surface area contributed by atoms with Crippen LogP contribution in [0.25, 0.3) is 22.5 Å². The number of carboxylic acid groups (broad SMARTS) is 1. The van der Waals surface area contributed by atoms with E-state index in [0.29, 0.717) is 16.1 Å². The molecule has 11 heteroatoms. The number of alkyl halides is 3. The van der Waals surface area contributed by atoms with Gasteiger partial charge in [0.1, 0.15) is 12.1 Å². The number of hydrogen-bond acceptors (Lipinski definition) is 5. The van der Waals surface area contributed by atoms with Crippen LogP contribution in [0.2, 0.25) is 0 Å². The fourth-order valence-corrected chi connectivity index (χ4v) is 3.54. The van der Waals surface area contributed by atoms with E-state index in [2.05, 4.69) is 25.7 Å². The average molecular weight is 442 g/mol. The Morgan fingerprint density at radius 1 is 1.09 bits per heavy atom. The lowest BCUT2D eigenvalue weighted by molar-refractivity contribution is -0.143. The van der Waals surface area contributed by atoms with Crippen LogP contribution in [0.3, 0.4) is 0 Å². The summed E-state index contributed by atoms with van der Waals surface area (Å²) >= 11 is 0. The number of aromatic amines is 1.